The zero-order chi connectivity index (χ0) is 16.2. The maximum atomic E-state index is 13.2. The minimum absolute atomic E-state index is 0.0662. The van der Waals surface area contributed by atoms with Crippen LogP contribution in [0.3, 0.4) is 0 Å². The third-order valence-corrected chi connectivity index (χ3v) is 4.23. The second-order valence-corrected chi connectivity index (χ2v) is 6.30. The van der Waals surface area contributed by atoms with Crippen molar-refractivity contribution in [2.75, 3.05) is 47.9 Å². The fraction of sp³-hybridized carbons (Fsp3) is 0.588. The molecular weight excluding hydrogens is 281 g/mol. The summed E-state index contributed by atoms with van der Waals surface area (Å²) in [7, 11) is 7.97. The predicted molar refractivity (Wildman–Crippen MR) is 87.8 cm³/mol. The normalized spacial score (nSPS) is 17.0. The van der Waals surface area contributed by atoms with Gasteiger partial charge >= 0.3 is 0 Å². The predicted octanol–water partition coefficient (Wildman–Crippen LogP) is 2.35. The lowest BCUT2D eigenvalue weighted by atomic mass is 9.74. The number of nitrogens with zero attached hydrogens (tertiary/aromatic N) is 3. The van der Waals surface area contributed by atoms with Crippen molar-refractivity contribution in [2.24, 2.45) is 4.99 Å². The number of benzene rings is 1. The van der Waals surface area contributed by atoms with Crippen LogP contribution in [0.5, 0.6) is 0 Å². The van der Waals surface area contributed by atoms with Crippen LogP contribution in [0.1, 0.15) is 18.4 Å². The van der Waals surface area contributed by atoms with E-state index in [1.54, 1.807) is 0 Å². The summed E-state index contributed by atoms with van der Waals surface area (Å²) in [4.78, 5) is 8.86. The van der Waals surface area contributed by atoms with Crippen molar-refractivity contribution in [1.82, 2.24) is 9.80 Å². The van der Waals surface area contributed by atoms with E-state index in [4.69, 9.17) is 9.73 Å². The van der Waals surface area contributed by atoms with Crippen LogP contribution in [0.15, 0.2) is 29.3 Å². The first-order valence-corrected chi connectivity index (χ1v) is 7.67. The Hall–Kier alpha value is -1.62. The molecule has 0 spiro atoms. The first-order valence-electron chi connectivity index (χ1n) is 7.67. The second-order valence-electron chi connectivity index (χ2n) is 6.30. The Labute approximate surface area is 132 Å². The summed E-state index contributed by atoms with van der Waals surface area (Å²) in [6, 6.07) is 6.85. The van der Waals surface area contributed by atoms with Crippen molar-refractivity contribution in [1.29, 1.82) is 0 Å². The van der Waals surface area contributed by atoms with Gasteiger partial charge in [0.25, 0.3) is 0 Å². The molecule has 2 rings (SSSR count). The van der Waals surface area contributed by atoms with Crippen LogP contribution in [0.2, 0.25) is 0 Å². The van der Waals surface area contributed by atoms with E-state index in [9.17, 15) is 4.39 Å². The molecule has 4 nitrogen and oxygen atoms in total. The summed E-state index contributed by atoms with van der Waals surface area (Å²) in [5, 5.41) is 0. The molecule has 1 fully saturated rings. The lowest BCUT2D eigenvalue weighted by Gasteiger charge is -2.37. The molecule has 0 unspecified atom stereocenters. The van der Waals surface area contributed by atoms with Crippen LogP contribution >= 0.6 is 0 Å². The number of halogens is 1. The third-order valence-electron chi connectivity index (χ3n) is 4.23. The number of guanidine groups is 1. The third kappa shape index (κ3) is 3.77. The van der Waals surface area contributed by atoms with E-state index in [0.717, 1.165) is 37.6 Å². The number of hydrogen-bond acceptors (Lipinski definition) is 2. The van der Waals surface area contributed by atoms with Gasteiger partial charge in [0.15, 0.2) is 5.96 Å². The van der Waals surface area contributed by atoms with E-state index in [1.807, 2.05) is 50.1 Å². The lowest BCUT2D eigenvalue weighted by Crippen LogP contribution is -2.40. The minimum atomic E-state index is -0.197. The summed E-state index contributed by atoms with van der Waals surface area (Å²) < 4.78 is 18.8. The highest BCUT2D eigenvalue weighted by Gasteiger charge is 2.34. The molecule has 0 amide bonds. The molecule has 5 heteroatoms. The quantitative estimate of drug-likeness (QED) is 0.634. The van der Waals surface area contributed by atoms with Gasteiger partial charge in [0, 0.05) is 46.8 Å². The molecule has 0 aliphatic carbocycles. The summed E-state index contributed by atoms with van der Waals surface area (Å²) in [6.45, 7) is 2.14. The number of hydrogen-bond donors (Lipinski definition) is 0. The van der Waals surface area contributed by atoms with Gasteiger partial charge in [0.2, 0.25) is 0 Å². The molecule has 1 saturated heterocycles. The van der Waals surface area contributed by atoms with Crippen LogP contribution in [-0.2, 0) is 10.2 Å². The Morgan fingerprint density at radius 2 is 1.64 bits per heavy atom. The number of ether oxygens (including phenoxy) is 1. The molecule has 1 aromatic rings. The van der Waals surface area contributed by atoms with Gasteiger partial charge in [-0.15, -0.1) is 0 Å². The summed E-state index contributed by atoms with van der Waals surface area (Å²) in [5.74, 6) is 0.740. The van der Waals surface area contributed by atoms with Crippen molar-refractivity contribution in [3.63, 3.8) is 0 Å². The highest BCUT2D eigenvalue weighted by atomic mass is 19.1. The van der Waals surface area contributed by atoms with Crippen molar-refractivity contribution < 1.29 is 9.13 Å². The van der Waals surface area contributed by atoms with E-state index in [1.165, 1.54) is 12.1 Å². The first-order chi connectivity index (χ1) is 10.4. The van der Waals surface area contributed by atoms with Crippen LogP contribution in [0.4, 0.5) is 4.39 Å². The zero-order valence-electron chi connectivity index (χ0n) is 14.0. The molecule has 0 atom stereocenters. The molecule has 1 aliphatic rings. The Balaban J connectivity index is 2.30. The monoisotopic (exact) mass is 307 g/mol. The van der Waals surface area contributed by atoms with Gasteiger partial charge < -0.3 is 14.5 Å². The van der Waals surface area contributed by atoms with Gasteiger partial charge in [-0.1, -0.05) is 12.1 Å². The maximum Gasteiger partial charge on any atom is 0.195 e. The second kappa shape index (κ2) is 7.09. The van der Waals surface area contributed by atoms with Gasteiger partial charge in [0.05, 0.1) is 6.54 Å². The molecule has 1 heterocycles. The molecule has 122 valence electrons. The van der Waals surface area contributed by atoms with Crippen LogP contribution in [0, 0.1) is 5.82 Å². The fourth-order valence-electron chi connectivity index (χ4n) is 3.01. The maximum absolute atomic E-state index is 13.2. The Kier molecular flexibility index (Phi) is 5.40. The van der Waals surface area contributed by atoms with E-state index in [0.29, 0.717) is 6.54 Å². The smallest absolute Gasteiger partial charge is 0.195 e. The molecule has 1 aliphatic heterocycles. The van der Waals surface area contributed by atoms with Gasteiger partial charge in [-0.2, -0.15) is 0 Å². The standard InChI is InChI=1S/C17H26FN3O/c1-20(2)16(21(3)4)19-13-17(9-11-22-12-10-17)14-5-7-15(18)8-6-14/h5-8H,9-13H2,1-4H3. The molecular formula is C17H26FN3O. The Bertz CT molecular complexity index is 495. The topological polar surface area (TPSA) is 28.1 Å². The Morgan fingerprint density at radius 1 is 1.09 bits per heavy atom. The van der Waals surface area contributed by atoms with Gasteiger partial charge in [-0.25, -0.2) is 4.39 Å². The zero-order valence-corrected chi connectivity index (χ0v) is 14.0. The van der Waals surface area contributed by atoms with Crippen LogP contribution in [-0.4, -0.2) is 63.7 Å². The highest BCUT2D eigenvalue weighted by molar-refractivity contribution is 5.79. The largest absolute Gasteiger partial charge is 0.381 e. The van der Waals surface area contributed by atoms with E-state index in [2.05, 4.69) is 0 Å². The van der Waals surface area contributed by atoms with Crippen LogP contribution < -0.4 is 0 Å². The van der Waals surface area contributed by atoms with E-state index >= 15 is 0 Å². The van der Waals surface area contributed by atoms with Gasteiger partial charge in [0.1, 0.15) is 5.82 Å². The summed E-state index contributed by atoms with van der Waals surface area (Å²) >= 11 is 0. The first kappa shape index (κ1) is 16.7. The average molecular weight is 307 g/mol. The number of rotatable bonds is 3. The molecule has 0 N–H and O–H groups in total. The number of aliphatic imine (C=N–C) groups is 1. The average Bonchev–Trinajstić information content (AvgIpc) is 2.48. The summed E-state index contributed by atoms with van der Waals surface area (Å²) in [6.07, 6.45) is 1.83. The van der Waals surface area contributed by atoms with Crippen molar-refractivity contribution in [3.8, 4) is 0 Å². The van der Waals surface area contributed by atoms with Gasteiger partial charge in [-0.3, -0.25) is 4.99 Å². The van der Waals surface area contributed by atoms with Crippen molar-refractivity contribution >= 4 is 5.96 Å². The van der Waals surface area contributed by atoms with E-state index < -0.39 is 0 Å². The molecule has 0 saturated carbocycles. The molecule has 0 aromatic heterocycles. The van der Waals surface area contributed by atoms with Crippen molar-refractivity contribution in [2.45, 2.75) is 18.3 Å². The van der Waals surface area contributed by atoms with Gasteiger partial charge in [-0.05, 0) is 30.5 Å². The SMILES string of the molecule is CN(C)C(=NCC1(c2ccc(F)cc2)CCOCC1)N(C)C. The van der Waals surface area contributed by atoms with E-state index in [-0.39, 0.29) is 11.2 Å². The molecule has 22 heavy (non-hydrogen) atoms. The lowest BCUT2D eigenvalue weighted by molar-refractivity contribution is 0.0529. The molecule has 0 radical (unpaired) electrons. The molecule has 1 aromatic carbocycles. The van der Waals surface area contributed by atoms with Crippen molar-refractivity contribution in [3.05, 3.63) is 35.6 Å². The Morgan fingerprint density at radius 3 is 2.14 bits per heavy atom. The highest BCUT2D eigenvalue weighted by Crippen LogP contribution is 2.35. The fourth-order valence-corrected chi connectivity index (χ4v) is 3.01. The molecule has 0 bridgehead atoms. The minimum Gasteiger partial charge on any atom is -0.381 e. The van der Waals surface area contributed by atoms with Crippen LogP contribution in [0.25, 0.3) is 0 Å². The summed E-state index contributed by atoms with van der Waals surface area (Å²) in [5.41, 5.74) is 1.08.